The van der Waals surface area contributed by atoms with E-state index in [0.29, 0.717) is 11.1 Å². The molecule has 0 radical (unpaired) electrons. The number of benzene rings is 1. The van der Waals surface area contributed by atoms with Crippen molar-refractivity contribution in [3.8, 4) is 0 Å². The Labute approximate surface area is 124 Å². The molecule has 0 aromatic heterocycles. The quantitative estimate of drug-likeness (QED) is 0.903. The van der Waals surface area contributed by atoms with E-state index in [1.54, 1.807) is 12.1 Å². The van der Waals surface area contributed by atoms with Crippen molar-refractivity contribution >= 4 is 24.0 Å². The summed E-state index contributed by atoms with van der Waals surface area (Å²) in [5, 5.41) is 4.22. The summed E-state index contributed by atoms with van der Waals surface area (Å²) in [6.07, 6.45) is 2.45. The molecule has 1 aromatic carbocycles. The van der Waals surface area contributed by atoms with E-state index in [-0.39, 0.29) is 18.2 Å². The molecule has 2 fully saturated rings. The first-order valence-electron chi connectivity index (χ1n) is 6.62. The summed E-state index contributed by atoms with van der Waals surface area (Å²) in [5.41, 5.74) is 0.904. The molecular formula is C14H19Cl2FN2. The molecule has 2 nitrogen and oxygen atoms in total. The van der Waals surface area contributed by atoms with Crippen LogP contribution < -0.4 is 5.32 Å². The highest BCUT2D eigenvalue weighted by molar-refractivity contribution is 6.31. The Morgan fingerprint density at radius 3 is 3.05 bits per heavy atom. The second-order valence-electron chi connectivity index (χ2n) is 5.37. The first-order valence-corrected chi connectivity index (χ1v) is 7.00. The Morgan fingerprint density at radius 2 is 2.21 bits per heavy atom. The van der Waals surface area contributed by atoms with Crippen molar-refractivity contribution in [3.63, 3.8) is 0 Å². The molecule has 19 heavy (non-hydrogen) atoms. The van der Waals surface area contributed by atoms with Gasteiger partial charge in [0.2, 0.25) is 0 Å². The first-order chi connectivity index (χ1) is 8.72. The summed E-state index contributed by atoms with van der Waals surface area (Å²) in [4.78, 5) is 2.40. The molecule has 0 spiro atoms. The molecule has 1 aromatic rings. The van der Waals surface area contributed by atoms with Crippen molar-refractivity contribution in [2.75, 3.05) is 19.6 Å². The van der Waals surface area contributed by atoms with Crippen molar-refractivity contribution in [2.24, 2.45) is 5.92 Å². The minimum atomic E-state index is -0.202. The Bertz CT molecular complexity index is 441. The molecule has 0 amide bonds. The van der Waals surface area contributed by atoms with Crippen LogP contribution >= 0.6 is 24.0 Å². The molecule has 0 saturated carbocycles. The maximum atomic E-state index is 13.2. The van der Waals surface area contributed by atoms with Crippen molar-refractivity contribution in [2.45, 2.75) is 25.4 Å². The van der Waals surface area contributed by atoms with Crippen molar-refractivity contribution < 1.29 is 4.39 Å². The average Bonchev–Trinajstić information content (AvgIpc) is 2.81. The molecule has 2 saturated heterocycles. The van der Waals surface area contributed by atoms with Crippen LogP contribution in [0.3, 0.4) is 0 Å². The first kappa shape index (κ1) is 15.0. The van der Waals surface area contributed by atoms with Gasteiger partial charge in [-0.15, -0.1) is 12.4 Å². The maximum Gasteiger partial charge on any atom is 0.123 e. The number of nitrogens with one attached hydrogen (secondary N) is 1. The van der Waals surface area contributed by atoms with Gasteiger partial charge in [0.05, 0.1) is 0 Å². The van der Waals surface area contributed by atoms with Gasteiger partial charge in [0.1, 0.15) is 5.82 Å². The van der Waals surface area contributed by atoms with E-state index >= 15 is 0 Å². The van der Waals surface area contributed by atoms with Crippen LogP contribution in [0.25, 0.3) is 0 Å². The van der Waals surface area contributed by atoms with Crippen LogP contribution in [0.2, 0.25) is 5.02 Å². The van der Waals surface area contributed by atoms with Crippen LogP contribution in [-0.4, -0.2) is 30.6 Å². The fraction of sp³-hybridized carbons (Fsp3) is 0.571. The molecule has 1 N–H and O–H groups in total. The zero-order valence-corrected chi connectivity index (χ0v) is 12.3. The molecule has 5 heteroatoms. The lowest BCUT2D eigenvalue weighted by molar-refractivity contribution is 0.156. The highest BCUT2D eigenvalue weighted by atomic mass is 35.5. The van der Waals surface area contributed by atoms with Crippen molar-refractivity contribution in [1.82, 2.24) is 10.2 Å². The van der Waals surface area contributed by atoms with Crippen LogP contribution in [0.4, 0.5) is 4.39 Å². The Balaban J connectivity index is 0.00000133. The summed E-state index contributed by atoms with van der Waals surface area (Å²) in [6, 6.07) is 5.32. The van der Waals surface area contributed by atoms with Gasteiger partial charge in [-0.1, -0.05) is 11.6 Å². The summed E-state index contributed by atoms with van der Waals surface area (Å²) >= 11 is 6.12. The molecule has 2 heterocycles. The molecule has 2 aliphatic heterocycles. The summed E-state index contributed by atoms with van der Waals surface area (Å²) < 4.78 is 13.2. The number of hydrogen-bond acceptors (Lipinski definition) is 2. The summed E-state index contributed by atoms with van der Waals surface area (Å²) in [6.45, 7) is 4.08. The molecule has 0 aliphatic carbocycles. The second kappa shape index (κ2) is 6.40. The Morgan fingerprint density at radius 1 is 1.37 bits per heavy atom. The third-order valence-electron chi connectivity index (χ3n) is 4.14. The van der Waals surface area contributed by atoms with Gasteiger partial charge in [-0.3, -0.25) is 4.90 Å². The van der Waals surface area contributed by atoms with E-state index in [4.69, 9.17) is 11.6 Å². The van der Waals surface area contributed by atoms with Crippen LogP contribution in [0.15, 0.2) is 18.2 Å². The lowest BCUT2D eigenvalue weighted by Gasteiger charge is -2.35. The molecule has 3 rings (SSSR count). The van der Waals surface area contributed by atoms with E-state index in [9.17, 15) is 4.39 Å². The minimum Gasteiger partial charge on any atom is -0.314 e. The number of fused-ring (bicyclic) bond motifs is 1. The maximum absolute atomic E-state index is 13.2. The number of hydrogen-bond donors (Lipinski definition) is 1. The van der Waals surface area contributed by atoms with Gasteiger partial charge in [0, 0.05) is 24.2 Å². The van der Waals surface area contributed by atoms with E-state index in [2.05, 4.69) is 10.2 Å². The van der Waals surface area contributed by atoms with Gasteiger partial charge in [-0.2, -0.15) is 0 Å². The summed E-state index contributed by atoms with van der Waals surface area (Å²) in [5.74, 6) is 0.554. The van der Waals surface area contributed by atoms with Gasteiger partial charge in [0.15, 0.2) is 0 Å². The predicted molar refractivity (Wildman–Crippen MR) is 78.4 cm³/mol. The van der Waals surface area contributed by atoms with Crippen LogP contribution in [0.5, 0.6) is 0 Å². The largest absolute Gasteiger partial charge is 0.314 e. The van der Waals surface area contributed by atoms with Gasteiger partial charge in [0.25, 0.3) is 0 Å². The van der Waals surface area contributed by atoms with Gasteiger partial charge >= 0.3 is 0 Å². The van der Waals surface area contributed by atoms with Crippen molar-refractivity contribution in [3.05, 3.63) is 34.6 Å². The lowest BCUT2D eigenvalue weighted by Crippen LogP contribution is -2.43. The third kappa shape index (κ3) is 3.40. The van der Waals surface area contributed by atoms with Gasteiger partial charge in [-0.25, -0.2) is 4.39 Å². The standard InChI is InChI=1S/C14H18ClFN2.ClH/c15-13-2-1-12(16)7-11(13)9-18-6-4-14-10(8-18)3-5-17-14;/h1-2,7,10,14,17H,3-6,8-9H2;1H. The Kier molecular flexibility index (Phi) is 5.07. The van der Waals surface area contributed by atoms with Crippen LogP contribution in [-0.2, 0) is 6.54 Å². The second-order valence-corrected chi connectivity index (χ2v) is 5.78. The Hall–Kier alpha value is -0.350. The smallest absolute Gasteiger partial charge is 0.123 e. The number of piperidine rings is 1. The van der Waals surface area contributed by atoms with E-state index in [1.165, 1.54) is 18.9 Å². The number of rotatable bonds is 2. The van der Waals surface area contributed by atoms with E-state index in [1.807, 2.05) is 0 Å². The van der Waals surface area contributed by atoms with E-state index in [0.717, 1.165) is 37.7 Å². The highest BCUT2D eigenvalue weighted by Gasteiger charge is 2.32. The number of likely N-dealkylation sites (tertiary alicyclic amines) is 1. The normalized spacial score (nSPS) is 26.8. The summed E-state index contributed by atoms with van der Waals surface area (Å²) in [7, 11) is 0. The van der Waals surface area contributed by atoms with Crippen LogP contribution in [0, 0.1) is 11.7 Å². The molecular weight excluding hydrogens is 286 g/mol. The average molecular weight is 305 g/mol. The monoisotopic (exact) mass is 304 g/mol. The molecule has 106 valence electrons. The number of halogens is 3. The van der Waals surface area contributed by atoms with E-state index < -0.39 is 0 Å². The molecule has 0 bridgehead atoms. The fourth-order valence-corrected chi connectivity index (χ4v) is 3.35. The molecule has 2 aliphatic rings. The van der Waals surface area contributed by atoms with Gasteiger partial charge < -0.3 is 5.32 Å². The predicted octanol–water partition coefficient (Wildman–Crippen LogP) is 3.08. The molecule has 2 atom stereocenters. The highest BCUT2D eigenvalue weighted by Crippen LogP contribution is 2.27. The minimum absolute atomic E-state index is 0. The topological polar surface area (TPSA) is 15.3 Å². The van der Waals surface area contributed by atoms with Gasteiger partial charge in [-0.05, 0) is 55.6 Å². The van der Waals surface area contributed by atoms with Crippen molar-refractivity contribution in [1.29, 1.82) is 0 Å². The molecule has 2 unspecified atom stereocenters. The fourth-order valence-electron chi connectivity index (χ4n) is 3.17. The number of nitrogens with zero attached hydrogens (tertiary/aromatic N) is 1. The zero-order valence-electron chi connectivity index (χ0n) is 10.7. The zero-order chi connectivity index (χ0) is 12.5. The lowest BCUT2D eigenvalue weighted by atomic mass is 9.93. The third-order valence-corrected chi connectivity index (χ3v) is 4.51. The SMILES string of the molecule is Cl.Fc1ccc(Cl)c(CN2CCC3NCCC3C2)c1. The van der Waals surface area contributed by atoms with Crippen LogP contribution in [0.1, 0.15) is 18.4 Å².